The standard InChI is InChI=1S/C15H12N2/c16-15-13-9-5-4-8-12(13)14(10-17-15)11-6-2-1-3-7-11/h1-10H,(H2,16,17). The molecule has 17 heavy (non-hydrogen) atoms. The summed E-state index contributed by atoms with van der Waals surface area (Å²) in [6.45, 7) is 0. The van der Waals surface area contributed by atoms with Crippen LogP contribution in [0.5, 0.6) is 0 Å². The number of nitrogen functional groups attached to an aromatic ring is 1. The zero-order chi connectivity index (χ0) is 11.7. The van der Waals surface area contributed by atoms with Crippen molar-refractivity contribution in [3.05, 3.63) is 60.8 Å². The number of anilines is 1. The number of nitrogens with zero attached hydrogens (tertiary/aromatic N) is 1. The summed E-state index contributed by atoms with van der Waals surface area (Å²) >= 11 is 0. The molecule has 2 N–H and O–H groups in total. The first kappa shape index (κ1) is 9.85. The van der Waals surface area contributed by atoms with E-state index in [1.54, 1.807) is 0 Å². The van der Waals surface area contributed by atoms with Crippen molar-refractivity contribution in [2.75, 3.05) is 5.73 Å². The number of pyridine rings is 1. The monoisotopic (exact) mass is 220 g/mol. The smallest absolute Gasteiger partial charge is 0.131 e. The number of hydrogen-bond donors (Lipinski definition) is 1. The number of nitrogens with two attached hydrogens (primary N) is 1. The van der Waals surface area contributed by atoms with E-state index in [0.29, 0.717) is 5.82 Å². The SMILES string of the molecule is Nc1ncc(-c2ccccc2)c2ccccc12. The quantitative estimate of drug-likeness (QED) is 0.681. The van der Waals surface area contributed by atoms with Crippen molar-refractivity contribution in [2.24, 2.45) is 0 Å². The second-order valence-corrected chi connectivity index (χ2v) is 3.97. The fourth-order valence-corrected chi connectivity index (χ4v) is 2.06. The highest BCUT2D eigenvalue weighted by Crippen LogP contribution is 2.29. The van der Waals surface area contributed by atoms with Crippen LogP contribution in [0.4, 0.5) is 5.82 Å². The molecule has 0 aliphatic rings. The van der Waals surface area contributed by atoms with Gasteiger partial charge in [0.25, 0.3) is 0 Å². The lowest BCUT2D eigenvalue weighted by Crippen LogP contribution is -1.93. The second-order valence-electron chi connectivity index (χ2n) is 3.97. The van der Waals surface area contributed by atoms with E-state index in [4.69, 9.17) is 5.73 Å². The van der Waals surface area contributed by atoms with Crippen molar-refractivity contribution in [2.45, 2.75) is 0 Å². The summed E-state index contributed by atoms with van der Waals surface area (Å²) in [5.41, 5.74) is 8.18. The Morgan fingerprint density at radius 1 is 0.765 bits per heavy atom. The van der Waals surface area contributed by atoms with Gasteiger partial charge in [0.05, 0.1) is 0 Å². The lowest BCUT2D eigenvalue weighted by atomic mass is 10.0. The third-order valence-electron chi connectivity index (χ3n) is 2.91. The van der Waals surface area contributed by atoms with E-state index in [0.717, 1.165) is 21.9 Å². The Bertz CT molecular complexity index is 660. The maximum absolute atomic E-state index is 5.89. The maximum Gasteiger partial charge on any atom is 0.131 e. The lowest BCUT2D eigenvalue weighted by molar-refractivity contribution is 1.37. The van der Waals surface area contributed by atoms with Crippen molar-refractivity contribution in [3.63, 3.8) is 0 Å². The molecule has 2 nitrogen and oxygen atoms in total. The molecule has 3 aromatic rings. The van der Waals surface area contributed by atoms with Gasteiger partial charge in [0.1, 0.15) is 5.82 Å². The predicted molar refractivity (Wildman–Crippen MR) is 71.6 cm³/mol. The van der Waals surface area contributed by atoms with Crippen molar-refractivity contribution < 1.29 is 0 Å². The van der Waals surface area contributed by atoms with Crippen LogP contribution in [0.1, 0.15) is 0 Å². The number of fused-ring (bicyclic) bond motifs is 1. The molecular weight excluding hydrogens is 208 g/mol. The molecule has 0 bridgehead atoms. The summed E-state index contributed by atoms with van der Waals surface area (Å²) < 4.78 is 0. The van der Waals surface area contributed by atoms with E-state index in [1.807, 2.05) is 42.6 Å². The highest BCUT2D eigenvalue weighted by molar-refractivity contribution is 6.01. The number of hydrogen-bond acceptors (Lipinski definition) is 2. The third-order valence-corrected chi connectivity index (χ3v) is 2.91. The molecule has 0 atom stereocenters. The van der Waals surface area contributed by atoms with Crippen LogP contribution in [0.15, 0.2) is 60.8 Å². The molecular formula is C15H12N2. The Hall–Kier alpha value is -2.35. The molecule has 0 spiro atoms. The van der Waals surface area contributed by atoms with Gasteiger partial charge in [-0.15, -0.1) is 0 Å². The highest BCUT2D eigenvalue weighted by atomic mass is 14.8. The lowest BCUT2D eigenvalue weighted by Gasteiger charge is -2.07. The van der Waals surface area contributed by atoms with Gasteiger partial charge in [-0.25, -0.2) is 4.98 Å². The van der Waals surface area contributed by atoms with E-state index >= 15 is 0 Å². The van der Waals surface area contributed by atoms with Crippen LogP contribution < -0.4 is 5.73 Å². The summed E-state index contributed by atoms with van der Waals surface area (Å²) in [7, 11) is 0. The second kappa shape index (κ2) is 3.91. The van der Waals surface area contributed by atoms with Crippen molar-refractivity contribution in [1.29, 1.82) is 0 Å². The molecule has 1 aromatic heterocycles. The fourth-order valence-electron chi connectivity index (χ4n) is 2.06. The number of benzene rings is 2. The molecule has 0 aliphatic carbocycles. The van der Waals surface area contributed by atoms with Crippen LogP contribution >= 0.6 is 0 Å². The number of rotatable bonds is 1. The Labute approximate surface area is 99.7 Å². The summed E-state index contributed by atoms with van der Waals surface area (Å²) in [5.74, 6) is 0.584. The molecule has 0 saturated heterocycles. The van der Waals surface area contributed by atoms with Gasteiger partial charge in [0.15, 0.2) is 0 Å². The van der Waals surface area contributed by atoms with Gasteiger partial charge in [0, 0.05) is 17.1 Å². The largest absolute Gasteiger partial charge is 0.383 e. The van der Waals surface area contributed by atoms with E-state index in [-0.39, 0.29) is 0 Å². The van der Waals surface area contributed by atoms with Crippen molar-refractivity contribution >= 4 is 16.6 Å². The molecule has 0 amide bonds. The summed E-state index contributed by atoms with van der Waals surface area (Å²) in [6.07, 6.45) is 1.84. The molecule has 82 valence electrons. The minimum Gasteiger partial charge on any atom is -0.383 e. The van der Waals surface area contributed by atoms with E-state index in [2.05, 4.69) is 23.2 Å². The molecule has 0 aliphatic heterocycles. The van der Waals surface area contributed by atoms with Crippen LogP contribution in [-0.2, 0) is 0 Å². The zero-order valence-electron chi connectivity index (χ0n) is 9.30. The molecule has 3 rings (SSSR count). The molecule has 2 aromatic carbocycles. The normalized spacial score (nSPS) is 10.6. The van der Waals surface area contributed by atoms with Crippen LogP contribution in [0.3, 0.4) is 0 Å². The molecule has 0 saturated carbocycles. The summed E-state index contributed by atoms with van der Waals surface area (Å²) in [5, 5.41) is 2.15. The molecule has 0 radical (unpaired) electrons. The van der Waals surface area contributed by atoms with E-state index in [1.165, 1.54) is 0 Å². The topological polar surface area (TPSA) is 38.9 Å². The van der Waals surface area contributed by atoms with Gasteiger partial charge in [-0.05, 0) is 10.9 Å². The third kappa shape index (κ3) is 1.64. The Morgan fingerprint density at radius 2 is 1.41 bits per heavy atom. The minimum absolute atomic E-state index is 0.584. The molecule has 2 heteroatoms. The van der Waals surface area contributed by atoms with Gasteiger partial charge in [-0.2, -0.15) is 0 Å². The van der Waals surface area contributed by atoms with Crippen molar-refractivity contribution in [3.8, 4) is 11.1 Å². The first-order chi connectivity index (χ1) is 8.36. The number of aromatic nitrogens is 1. The first-order valence-corrected chi connectivity index (χ1v) is 5.55. The first-order valence-electron chi connectivity index (χ1n) is 5.55. The summed E-state index contributed by atoms with van der Waals surface area (Å²) in [4.78, 5) is 4.26. The summed E-state index contributed by atoms with van der Waals surface area (Å²) in [6, 6.07) is 18.3. The maximum atomic E-state index is 5.89. The Morgan fingerprint density at radius 3 is 2.18 bits per heavy atom. The van der Waals surface area contributed by atoms with Gasteiger partial charge >= 0.3 is 0 Å². The van der Waals surface area contributed by atoms with E-state index < -0.39 is 0 Å². The Balaban J connectivity index is 2.35. The van der Waals surface area contributed by atoms with Gasteiger partial charge in [-0.1, -0.05) is 54.6 Å². The zero-order valence-corrected chi connectivity index (χ0v) is 9.30. The molecule has 0 fully saturated rings. The minimum atomic E-state index is 0.584. The van der Waals surface area contributed by atoms with E-state index in [9.17, 15) is 0 Å². The molecule has 0 unspecified atom stereocenters. The average molecular weight is 220 g/mol. The van der Waals surface area contributed by atoms with Gasteiger partial charge in [0.2, 0.25) is 0 Å². The average Bonchev–Trinajstić information content (AvgIpc) is 2.41. The predicted octanol–water partition coefficient (Wildman–Crippen LogP) is 3.48. The Kier molecular flexibility index (Phi) is 2.26. The van der Waals surface area contributed by atoms with Crippen LogP contribution in [0.2, 0.25) is 0 Å². The van der Waals surface area contributed by atoms with Crippen LogP contribution in [0.25, 0.3) is 21.9 Å². The van der Waals surface area contributed by atoms with Gasteiger partial charge in [-0.3, -0.25) is 0 Å². The fraction of sp³-hybridized carbons (Fsp3) is 0. The molecule has 1 heterocycles. The van der Waals surface area contributed by atoms with Gasteiger partial charge < -0.3 is 5.73 Å². The highest BCUT2D eigenvalue weighted by Gasteiger charge is 2.05. The van der Waals surface area contributed by atoms with Crippen LogP contribution in [0, 0.1) is 0 Å². The van der Waals surface area contributed by atoms with Crippen LogP contribution in [-0.4, -0.2) is 4.98 Å². The van der Waals surface area contributed by atoms with Crippen molar-refractivity contribution in [1.82, 2.24) is 4.98 Å².